The molecular formula is C12H24N2O. The first-order valence-electron chi connectivity index (χ1n) is 6.32. The van der Waals surface area contributed by atoms with E-state index in [0.717, 1.165) is 38.8 Å². The number of nitrogens with one attached hydrogen (secondary N) is 1. The van der Waals surface area contributed by atoms with Crippen molar-refractivity contribution in [3.8, 4) is 0 Å². The summed E-state index contributed by atoms with van der Waals surface area (Å²) in [6.07, 6.45) is 5.41. The van der Waals surface area contributed by atoms with Gasteiger partial charge in [0.05, 0.1) is 5.60 Å². The lowest BCUT2D eigenvalue weighted by Gasteiger charge is -2.57. The van der Waals surface area contributed by atoms with Crippen molar-refractivity contribution in [3.63, 3.8) is 0 Å². The van der Waals surface area contributed by atoms with Crippen LogP contribution in [0.5, 0.6) is 0 Å². The monoisotopic (exact) mass is 212 g/mol. The minimum Gasteiger partial charge on any atom is -0.389 e. The molecule has 2 aliphatic rings. The molecule has 0 radical (unpaired) electrons. The molecule has 0 aromatic rings. The first kappa shape index (κ1) is 11.4. The third kappa shape index (κ3) is 1.52. The molecule has 2 unspecified atom stereocenters. The van der Waals surface area contributed by atoms with Crippen molar-refractivity contribution in [3.05, 3.63) is 0 Å². The van der Waals surface area contributed by atoms with Gasteiger partial charge in [0.25, 0.3) is 0 Å². The summed E-state index contributed by atoms with van der Waals surface area (Å²) in [4.78, 5) is 0. The maximum Gasteiger partial charge on any atom is 0.0767 e. The Morgan fingerprint density at radius 2 is 2.13 bits per heavy atom. The van der Waals surface area contributed by atoms with Gasteiger partial charge in [0, 0.05) is 24.4 Å². The molecule has 2 rings (SSSR count). The number of piperidine rings is 1. The van der Waals surface area contributed by atoms with E-state index >= 15 is 0 Å². The summed E-state index contributed by atoms with van der Waals surface area (Å²) in [6.45, 7) is 4.72. The van der Waals surface area contributed by atoms with Crippen molar-refractivity contribution in [2.75, 3.05) is 19.6 Å². The van der Waals surface area contributed by atoms with Gasteiger partial charge in [0.1, 0.15) is 0 Å². The average Bonchev–Trinajstić information content (AvgIpc) is 2.17. The van der Waals surface area contributed by atoms with Crippen LogP contribution in [0.1, 0.15) is 39.0 Å². The van der Waals surface area contributed by atoms with E-state index in [1.807, 2.05) is 0 Å². The Hall–Kier alpha value is -0.120. The largest absolute Gasteiger partial charge is 0.389 e. The quantitative estimate of drug-likeness (QED) is 0.650. The van der Waals surface area contributed by atoms with Crippen LogP contribution in [0.3, 0.4) is 0 Å². The Morgan fingerprint density at radius 3 is 2.60 bits per heavy atom. The van der Waals surface area contributed by atoms with E-state index in [9.17, 15) is 5.11 Å². The second-order valence-electron chi connectivity index (χ2n) is 5.32. The maximum absolute atomic E-state index is 11.0. The van der Waals surface area contributed by atoms with E-state index in [0.29, 0.717) is 12.5 Å². The second-order valence-corrected chi connectivity index (χ2v) is 5.32. The second kappa shape index (κ2) is 4.04. The normalized spacial score (nSPS) is 39.8. The van der Waals surface area contributed by atoms with Crippen LogP contribution in [0.2, 0.25) is 0 Å². The summed E-state index contributed by atoms with van der Waals surface area (Å²) in [5.74, 6) is 0.384. The van der Waals surface area contributed by atoms with Crippen LogP contribution in [0, 0.1) is 11.3 Å². The van der Waals surface area contributed by atoms with Gasteiger partial charge in [0.2, 0.25) is 0 Å². The summed E-state index contributed by atoms with van der Waals surface area (Å²) in [5.41, 5.74) is 5.46. The first-order chi connectivity index (χ1) is 7.18. The predicted octanol–water partition coefficient (Wildman–Crippen LogP) is 0.866. The van der Waals surface area contributed by atoms with Crippen LogP contribution in [0.15, 0.2) is 0 Å². The van der Waals surface area contributed by atoms with Crippen LogP contribution in [0.25, 0.3) is 0 Å². The molecule has 2 atom stereocenters. The molecule has 3 nitrogen and oxygen atoms in total. The van der Waals surface area contributed by atoms with Crippen molar-refractivity contribution < 1.29 is 5.11 Å². The van der Waals surface area contributed by atoms with E-state index in [2.05, 4.69) is 12.2 Å². The lowest BCUT2D eigenvalue weighted by molar-refractivity contribution is -0.171. The summed E-state index contributed by atoms with van der Waals surface area (Å²) >= 11 is 0. The smallest absolute Gasteiger partial charge is 0.0767 e. The summed E-state index contributed by atoms with van der Waals surface area (Å²) in [7, 11) is 0. The highest BCUT2D eigenvalue weighted by atomic mass is 16.3. The molecule has 0 bridgehead atoms. The van der Waals surface area contributed by atoms with Crippen LogP contribution in [-0.4, -0.2) is 30.3 Å². The zero-order chi connectivity index (χ0) is 10.9. The zero-order valence-electron chi connectivity index (χ0n) is 9.76. The molecule has 0 aromatic carbocycles. The van der Waals surface area contributed by atoms with Gasteiger partial charge in [-0.25, -0.2) is 0 Å². The molecule has 0 aromatic heterocycles. The standard InChI is InChI=1S/C12H24N2O/c1-2-10-8-14-7-6-12(10,15)11(9-13)4-3-5-11/h10,14-15H,2-9,13H2,1H3. The van der Waals surface area contributed by atoms with E-state index in [1.54, 1.807) is 0 Å². The SMILES string of the molecule is CCC1CNCCC1(O)C1(CN)CCC1. The fourth-order valence-corrected chi connectivity index (χ4v) is 3.53. The van der Waals surface area contributed by atoms with E-state index in [1.165, 1.54) is 6.42 Å². The van der Waals surface area contributed by atoms with Crippen molar-refractivity contribution in [2.45, 2.75) is 44.6 Å². The minimum atomic E-state index is -0.500. The van der Waals surface area contributed by atoms with Crippen LogP contribution < -0.4 is 11.1 Å². The van der Waals surface area contributed by atoms with Gasteiger partial charge in [-0.15, -0.1) is 0 Å². The summed E-state index contributed by atoms with van der Waals surface area (Å²) in [5, 5.41) is 14.4. The van der Waals surface area contributed by atoms with Crippen LogP contribution in [-0.2, 0) is 0 Å². The predicted molar refractivity (Wildman–Crippen MR) is 61.6 cm³/mol. The van der Waals surface area contributed by atoms with E-state index < -0.39 is 5.60 Å². The molecule has 4 N–H and O–H groups in total. The highest BCUT2D eigenvalue weighted by Gasteiger charge is 2.56. The third-order valence-corrected chi connectivity index (χ3v) is 4.86. The number of hydrogen-bond acceptors (Lipinski definition) is 3. The Labute approximate surface area is 92.4 Å². The molecular weight excluding hydrogens is 188 g/mol. The Morgan fingerprint density at radius 1 is 1.40 bits per heavy atom. The number of aliphatic hydroxyl groups is 1. The lowest BCUT2D eigenvalue weighted by atomic mass is 9.53. The molecule has 0 spiro atoms. The fraction of sp³-hybridized carbons (Fsp3) is 1.00. The van der Waals surface area contributed by atoms with Gasteiger partial charge in [-0.3, -0.25) is 0 Å². The van der Waals surface area contributed by atoms with E-state index in [-0.39, 0.29) is 5.41 Å². The minimum absolute atomic E-state index is 0.0375. The molecule has 3 heteroatoms. The molecule has 0 amide bonds. The molecule has 88 valence electrons. The van der Waals surface area contributed by atoms with E-state index in [4.69, 9.17) is 5.73 Å². The van der Waals surface area contributed by atoms with Crippen molar-refractivity contribution >= 4 is 0 Å². The lowest BCUT2D eigenvalue weighted by Crippen LogP contribution is -2.64. The Bertz CT molecular complexity index is 222. The highest BCUT2D eigenvalue weighted by Crippen LogP contribution is 2.54. The van der Waals surface area contributed by atoms with Crippen molar-refractivity contribution in [2.24, 2.45) is 17.1 Å². The van der Waals surface area contributed by atoms with Crippen LogP contribution >= 0.6 is 0 Å². The molecule has 1 saturated heterocycles. The molecule has 1 saturated carbocycles. The van der Waals surface area contributed by atoms with Crippen molar-refractivity contribution in [1.29, 1.82) is 0 Å². The van der Waals surface area contributed by atoms with Gasteiger partial charge in [-0.1, -0.05) is 13.3 Å². The molecule has 2 fully saturated rings. The molecule has 1 heterocycles. The summed E-state index contributed by atoms with van der Waals surface area (Å²) < 4.78 is 0. The van der Waals surface area contributed by atoms with Gasteiger partial charge in [-0.2, -0.15) is 0 Å². The highest BCUT2D eigenvalue weighted by molar-refractivity contribution is 5.09. The van der Waals surface area contributed by atoms with Crippen molar-refractivity contribution in [1.82, 2.24) is 5.32 Å². The number of nitrogens with two attached hydrogens (primary N) is 1. The Balaban J connectivity index is 2.20. The molecule has 15 heavy (non-hydrogen) atoms. The van der Waals surface area contributed by atoms with Crippen LogP contribution in [0.4, 0.5) is 0 Å². The van der Waals surface area contributed by atoms with Gasteiger partial charge < -0.3 is 16.2 Å². The first-order valence-corrected chi connectivity index (χ1v) is 6.32. The topological polar surface area (TPSA) is 58.3 Å². The maximum atomic E-state index is 11.0. The number of hydrogen-bond donors (Lipinski definition) is 3. The van der Waals surface area contributed by atoms with Gasteiger partial charge in [-0.05, 0) is 32.2 Å². The third-order valence-electron chi connectivity index (χ3n) is 4.86. The zero-order valence-corrected chi connectivity index (χ0v) is 9.76. The Kier molecular flexibility index (Phi) is 3.06. The average molecular weight is 212 g/mol. The van der Waals surface area contributed by atoms with Gasteiger partial charge in [0.15, 0.2) is 0 Å². The molecule has 1 aliphatic carbocycles. The summed E-state index contributed by atoms with van der Waals surface area (Å²) in [6, 6.07) is 0. The number of rotatable bonds is 3. The molecule has 1 aliphatic heterocycles. The fourth-order valence-electron chi connectivity index (χ4n) is 3.53. The van der Waals surface area contributed by atoms with Gasteiger partial charge >= 0.3 is 0 Å².